The summed E-state index contributed by atoms with van der Waals surface area (Å²) in [4.78, 5) is 13.2. The van der Waals surface area contributed by atoms with Gasteiger partial charge in [-0.25, -0.2) is 0 Å². The zero-order chi connectivity index (χ0) is 21.2. The molecule has 0 N–H and O–H groups in total. The van der Waals surface area contributed by atoms with Crippen molar-refractivity contribution in [2.24, 2.45) is 0 Å². The lowest BCUT2D eigenvalue weighted by Gasteiger charge is -2.14. The topological polar surface area (TPSA) is 17.1 Å². The van der Waals surface area contributed by atoms with Crippen molar-refractivity contribution in [1.82, 2.24) is 0 Å². The van der Waals surface area contributed by atoms with Gasteiger partial charge in [0.05, 0.1) is 0 Å². The molecule has 0 atom stereocenters. The number of hydrogen-bond donors (Lipinski definition) is 0. The molecule has 0 unspecified atom stereocenters. The Hall–Kier alpha value is -3.97. The highest BCUT2D eigenvalue weighted by Crippen LogP contribution is 2.46. The lowest BCUT2D eigenvalue weighted by Crippen LogP contribution is -2.01. The molecule has 4 aromatic rings. The molecule has 150 valence electrons. The van der Waals surface area contributed by atoms with Gasteiger partial charge in [0.15, 0.2) is 5.78 Å². The predicted octanol–water partition coefficient (Wildman–Crippen LogP) is 6.88. The molecule has 0 aromatic heterocycles. The molecule has 0 aliphatic heterocycles. The Labute approximate surface area is 187 Å². The summed E-state index contributed by atoms with van der Waals surface area (Å²) in [6.45, 7) is 0. The van der Waals surface area contributed by atoms with Crippen molar-refractivity contribution in [1.29, 1.82) is 0 Å². The SMILES string of the molecule is O=C1C=CC(c2cccc3c2Cc2ccccc2-3)=C1c1cccc2c1Cc1ccccc1-2. The van der Waals surface area contributed by atoms with Gasteiger partial charge in [0.1, 0.15) is 0 Å². The van der Waals surface area contributed by atoms with E-state index in [9.17, 15) is 4.79 Å². The molecule has 0 saturated carbocycles. The van der Waals surface area contributed by atoms with E-state index >= 15 is 0 Å². The summed E-state index contributed by atoms with van der Waals surface area (Å²) in [5, 5.41) is 0. The maximum atomic E-state index is 13.2. The smallest absolute Gasteiger partial charge is 0.187 e. The first-order valence-corrected chi connectivity index (χ1v) is 11.2. The molecule has 0 spiro atoms. The molecule has 3 aliphatic rings. The third kappa shape index (κ3) is 2.37. The molecule has 0 radical (unpaired) electrons. The minimum atomic E-state index is 0.109. The largest absolute Gasteiger partial charge is 0.289 e. The van der Waals surface area contributed by atoms with Gasteiger partial charge in [-0.2, -0.15) is 0 Å². The van der Waals surface area contributed by atoms with Crippen LogP contribution in [0.5, 0.6) is 0 Å². The van der Waals surface area contributed by atoms with Crippen LogP contribution in [0, 0.1) is 0 Å². The summed E-state index contributed by atoms with van der Waals surface area (Å²) in [5.41, 5.74) is 14.6. The van der Waals surface area contributed by atoms with Crippen molar-refractivity contribution in [3.8, 4) is 22.3 Å². The maximum Gasteiger partial charge on any atom is 0.187 e. The molecule has 1 nitrogen and oxygen atoms in total. The zero-order valence-corrected chi connectivity index (χ0v) is 17.6. The molecule has 1 heteroatoms. The van der Waals surface area contributed by atoms with Crippen molar-refractivity contribution in [2.75, 3.05) is 0 Å². The van der Waals surface area contributed by atoms with Gasteiger partial charge in [-0.1, -0.05) is 84.9 Å². The summed E-state index contributed by atoms with van der Waals surface area (Å²) < 4.78 is 0. The van der Waals surface area contributed by atoms with E-state index in [4.69, 9.17) is 0 Å². The molecular formula is C31H20O. The highest BCUT2D eigenvalue weighted by Gasteiger charge is 2.29. The van der Waals surface area contributed by atoms with Gasteiger partial charge in [-0.05, 0) is 86.2 Å². The van der Waals surface area contributed by atoms with Crippen LogP contribution < -0.4 is 0 Å². The summed E-state index contributed by atoms with van der Waals surface area (Å²) in [6, 6.07) is 30.2. The van der Waals surface area contributed by atoms with E-state index < -0.39 is 0 Å². The van der Waals surface area contributed by atoms with E-state index in [0.717, 1.165) is 29.6 Å². The lowest BCUT2D eigenvalue weighted by molar-refractivity contribution is -0.109. The third-order valence-electron chi connectivity index (χ3n) is 7.18. The van der Waals surface area contributed by atoms with Crippen molar-refractivity contribution >= 4 is 16.9 Å². The van der Waals surface area contributed by atoms with E-state index in [0.29, 0.717) is 0 Å². The number of fused-ring (bicyclic) bond motifs is 6. The first-order valence-electron chi connectivity index (χ1n) is 11.2. The Morgan fingerprint density at radius 1 is 0.469 bits per heavy atom. The van der Waals surface area contributed by atoms with Crippen molar-refractivity contribution in [3.05, 3.63) is 130 Å². The molecule has 4 aromatic carbocycles. The van der Waals surface area contributed by atoms with E-state index in [2.05, 4.69) is 84.9 Å². The van der Waals surface area contributed by atoms with Crippen LogP contribution >= 0.6 is 0 Å². The van der Waals surface area contributed by atoms with Crippen molar-refractivity contribution in [3.63, 3.8) is 0 Å². The molecule has 32 heavy (non-hydrogen) atoms. The van der Waals surface area contributed by atoms with Crippen LogP contribution in [0.2, 0.25) is 0 Å². The second kappa shape index (κ2) is 6.51. The maximum absolute atomic E-state index is 13.2. The molecule has 0 fully saturated rings. The van der Waals surface area contributed by atoms with Crippen LogP contribution in [-0.2, 0) is 17.6 Å². The number of rotatable bonds is 2. The Kier molecular flexibility index (Phi) is 3.60. The van der Waals surface area contributed by atoms with Gasteiger partial charge in [-0.15, -0.1) is 0 Å². The highest BCUT2D eigenvalue weighted by molar-refractivity contribution is 6.37. The molecule has 0 saturated heterocycles. The third-order valence-corrected chi connectivity index (χ3v) is 7.18. The quantitative estimate of drug-likeness (QED) is 0.305. The molecule has 3 aliphatic carbocycles. The van der Waals surface area contributed by atoms with Crippen LogP contribution in [0.15, 0.2) is 97.1 Å². The predicted molar refractivity (Wildman–Crippen MR) is 130 cm³/mol. The number of hydrogen-bond acceptors (Lipinski definition) is 1. The molecule has 7 rings (SSSR count). The second-order valence-corrected chi connectivity index (χ2v) is 8.82. The van der Waals surface area contributed by atoms with Gasteiger partial charge >= 0.3 is 0 Å². The Morgan fingerprint density at radius 2 is 0.969 bits per heavy atom. The van der Waals surface area contributed by atoms with Crippen molar-refractivity contribution in [2.45, 2.75) is 12.8 Å². The molecular weight excluding hydrogens is 388 g/mol. The van der Waals surface area contributed by atoms with Crippen LogP contribution in [0.1, 0.15) is 33.4 Å². The van der Waals surface area contributed by atoms with Gasteiger partial charge in [0.25, 0.3) is 0 Å². The minimum absolute atomic E-state index is 0.109. The zero-order valence-electron chi connectivity index (χ0n) is 17.6. The highest BCUT2D eigenvalue weighted by atomic mass is 16.1. The second-order valence-electron chi connectivity index (χ2n) is 8.82. The number of allylic oxidation sites excluding steroid dienone is 4. The molecule has 0 amide bonds. The first-order chi connectivity index (χ1) is 15.8. The van der Waals surface area contributed by atoms with Crippen LogP contribution in [0.25, 0.3) is 33.4 Å². The van der Waals surface area contributed by atoms with E-state index in [1.807, 2.05) is 6.08 Å². The van der Waals surface area contributed by atoms with Crippen LogP contribution in [0.4, 0.5) is 0 Å². The number of carbonyl (C=O) groups is 1. The summed E-state index contributed by atoms with van der Waals surface area (Å²) in [6.07, 6.45) is 5.56. The fourth-order valence-electron chi connectivity index (χ4n) is 5.76. The summed E-state index contributed by atoms with van der Waals surface area (Å²) in [5.74, 6) is 0.109. The minimum Gasteiger partial charge on any atom is -0.289 e. The Morgan fingerprint density at radius 3 is 1.62 bits per heavy atom. The number of ketones is 1. The first kappa shape index (κ1) is 17.7. The van der Waals surface area contributed by atoms with Crippen LogP contribution in [-0.4, -0.2) is 5.78 Å². The number of carbonyl (C=O) groups excluding carboxylic acids is 1. The van der Waals surface area contributed by atoms with Gasteiger partial charge in [0.2, 0.25) is 0 Å². The fourth-order valence-corrected chi connectivity index (χ4v) is 5.76. The fraction of sp³-hybridized carbons (Fsp3) is 0.0645. The summed E-state index contributed by atoms with van der Waals surface area (Å²) in [7, 11) is 0. The number of benzene rings is 4. The standard InChI is InChI=1S/C31H20O/c32-30-16-15-27(25-13-5-11-23-21-9-3-1-7-19(21)17-28(23)25)31(30)26-14-6-12-24-22-10-4-2-8-20(22)18-29(24)26/h1-16H,17-18H2. The molecule has 0 heterocycles. The van der Waals surface area contributed by atoms with E-state index in [-0.39, 0.29) is 5.78 Å². The van der Waals surface area contributed by atoms with Crippen molar-refractivity contribution < 1.29 is 4.79 Å². The average Bonchev–Trinajstić information content (AvgIpc) is 3.51. The Balaban J connectivity index is 1.44. The normalized spacial score (nSPS) is 15.1. The van der Waals surface area contributed by atoms with Crippen LogP contribution in [0.3, 0.4) is 0 Å². The Bertz CT molecular complexity index is 1430. The lowest BCUT2D eigenvalue weighted by atomic mass is 9.88. The van der Waals surface area contributed by atoms with Gasteiger partial charge in [-0.3, -0.25) is 4.79 Å². The molecule has 0 bridgehead atoms. The average molecular weight is 409 g/mol. The van der Waals surface area contributed by atoms with E-state index in [1.54, 1.807) is 6.08 Å². The van der Waals surface area contributed by atoms with Gasteiger partial charge < -0.3 is 0 Å². The van der Waals surface area contributed by atoms with Gasteiger partial charge in [0, 0.05) is 5.57 Å². The monoisotopic (exact) mass is 408 g/mol. The van der Waals surface area contributed by atoms with E-state index in [1.165, 1.54) is 50.1 Å². The summed E-state index contributed by atoms with van der Waals surface area (Å²) >= 11 is 0.